The molecule has 1 aliphatic carbocycles. The summed E-state index contributed by atoms with van der Waals surface area (Å²) < 4.78 is 0.320. The number of carbonyl (C=O) groups is 1. The summed E-state index contributed by atoms with van der Waals surface area (Å²) in [5.74, 6) is -0.0512. The van der Waals surface area contributed by atoms with E-state index < -0.39 is 10.5 Å². The number of halogens is 1. The van der Waals surface area contributed by atoms with E-state index in [4.69, 9.17) is 5.73 Å². The molecule has 1 aromatic rings. The van der Waals surface area contributed by atoms with Crippen LogP contribution in [0.25, 0.3) is 0 Å². The number of amides is 1. The highest BCUT2D eigenvalue weighted by Crippen LogP contribution is 2.38. The fraction of sp³-hybridized carbons (Fsp3) is 0.417. The lowest BCUT2D eigenvalue weighted by Crippen LogP contribution is -2.50. The lowest BCUT2D eigenvalue weighted by atomic mass is 9.96. The minimum atomic E-state index is -0.895. The van der Waals surface area contributed by atoms with Crippen molar-refractivity contribution in [1.29, 1.82) is 0 Å². The maximum Gasteiger partial charge on any atom is 0.283 e. The van der Waals surface area contributed by atoms with Gasteiger partial charge in [0.15, 0.2) is 0 Å². The van der Waals surface area contributed by atoms with Crippen molar-refractivity contribution < 1.29 is 9.72 Å². The van der Waals surface area contributed by atoms with Gasteiger partial charge in [-0.15, -0.1) is 0 Å². The summed E-state index contributed by atoms with van der Waals surface area (Å²) in [5, 5.41) is 13.4. The minimum Gasteiger partial charge on any atom is -0.324 e. The van der Waals surface area contributed by atoms with Crippen LogP contribution in [0.2, 0.25) is 0 Å². The zero-order valence-electron chi connectivity index (χ0n) is 10.4. The van der Waals surface area contributed by atoms with Crippen LogP contribution in [0.1, 0.15) is 19.8 Å². The SMILES string of the molecule is CC(N)(C(=O)Nc1ccc([N+](=O)[O-])c(Br)c1)C1CC1. The molecule has 3 N–H and O–H groups in total. The molecule has 1 saturated carbocycles. The molecule has 2 rings (SSSR count). The van der Waals surface area contributed by atoms with Gasteiger partial charge in [-0.3, -0.25) is 14.9 Å². The van der Waals surface area contributed by atoms with Gasteiger partial charge in [-0.05, 0) is 53.7 Å². The third-order valence-corrected chi connectivity index (χ3v) is 3.95. The third kappa shape index (κ3) is 2.93. The number of rotatable bonds is 4. The van der Waals surface area contributed by atoms with E-state index in [0.29, 0.717) is 10.2 Å². The molecule has 102 valence electrons. The Kier molecular flexibility index (Phi) is 3.60. The summed E-state index contributed by atoms with van der Waals surface area (Å²) in [4.78, 5) is 22.2. The molecule has 0 saturated heterocycles. The molecule has 1 amide bonds. The number of carbonyl (C=O) groups excluding carboxylic acids is 1. The first-order valence-corrected chi connectivity index (χ1v) is 6.66. The first kappa shape index (κ1) is 14.0. The molecule has 1 atom stereocenters. The van der Waals surface area contributed by atoms with E-state index in [1.807, 2.05) is 0 Å². The van der Waals surface area contributed by atoms with Crippen molar-refractivity contribution in [2.75, 3.05) is 5.32 Å². The normalized spacial score (nSPS) is 17.6. The van der Waals surface area contributed by atoms with Gasteiger partial charge in [-0.2, -0.15) is 0 Å². The minimum absolute atomic E-state index is 0.0456. The molecule has 1 aliphatic rings. The summed E-state index contributed by atoms with van der Waals surface area (Å²) >= 11 is 3.11. The second-order valence-corrected chi connectivity index (χ2v) is 5.79. The molecule has 0 aliphatic heterocycles. The number of nitrogens with two attached hydrogens (primary N) is 1. The van der Waals surface area contributed by atoms with E-state index in [1.165, 1.54) is 18.2 Å². The van der Waals surface area contributed by atoms with Crippen molar-refractivity contribution in [2.24, 2.45) is 11.7 Å². The summed E-state index contributed by atoms with van der Waals surface area (Å²) in [6.45, 7) is 1.71. The van der Waals surface area contributed by atoms with Crippen molar-refractivity contribution >= 4 is 33.2 Å². The van der Waals surface area contributed by atoms with Crippen LogP contribution < -0.4 is 11.1 Å². The van der Waals surface area contributed by atoms with Gasteiger partial charge in [-0.25, -0.2) is 0 Å². The van der Waals surface area contributed by atoms with E-state index in [-0.39, 0.29) is 17.5 Å². The van der Waals surface area contributed by atoms with Crippen molar-refractivity contribution in [3.05, 3.63) is 32.8 Å². The molecular formula is C12H14BrN3O3. The molecule has 1 unspecified atom stereocenters. The Bertz CT molecular complexity index is 541. The summed E-state index contributed by atoms with van der Waals surface area (Å²) in [6.07, 6.45) is 1.93. The fourth-order valence-electron chi connectivity index (χ4n) is 1.87. The van der Waals surface area contributed by atoms with E-state index in [2.05, 4.69) is 21.2 Å². The predicted octanol–water partition coefficient (Wildman–Crippen LogP) is 2.42. The molecule has 19 heavy (non-hydrogen) atoms. The number of nitro groups is 1. The Balaban J connectivity index is 2.13. The zero-order valence-corrected chi connectivity index (χ0v) is 11.9. The average molecular weight is 328 g/mol. The van der Waals surface area contributed by atoms with Gasteiger partial charge < -0.3 is 11.1 Å². The summed E-state index contributed by atoms with van der Waals surface area (Å²) in [7, 11) is 0. The van der Waals surface area contributed by atoms with E-state index in [1.54, 1.807) is 6.92 Å². The van der Waals surface area contributed by atoms with Crippen LogP contribution in [0.3, 0.4) is 0 Å². The van der Waals surface area contributed by atoms with Crippen molar-refractivity contribution in [3.63, 3.8) is 0 Å². The van der Waals surface area contributed by atoms with Gasteiger partial charge in [0.25, 0.3) is 5.69 Å². The lowest BCUT2D eigenvalue weighted by Gasteiger charge is -2.23. The molecule has 1 aromatic carbocycles. The molecule has 0 heterocycles. The maximum absolute atomic E-state index is 12.1. The second-order valence-electron chi connectivity index (χ2n) is 4.93. The maximum atomic E-state index is 12.1. The number of nitrogens with one attached hydrogen (secondary N) is 1. The van der Waals surface area contributed by atoms with Crippen LogP contribution in [-0.2, 0) is 4.79 Å². The molecule has 0 aromatic heterocycles. The zero-order chi connectivity index (χ0) is 14.2. The van der Waals surface area contributed by atoms with E-state index in [0.717, 1.165) is 12.8 Å². The first-order valence-electron chi connectivity index (χ1n) is 5.86. The number of hydrogen-bond donors (Lipinski definition) is 2. The Hall–Kier alpha value is -1.47. The van der Waals surface area contributed by atoms with Crippen molar-refractivity contribution in [2.45, 2.75) is 25.3 Å². The quantitative estimate of drug-likeness (QED) is 0.655. The van der Waals surface area contributed by atoms with E-state index in [9.17, 15) is 14.9 Å². The standard InChI is InChI=1S/C12H14BrN3O3/c1-12(14,7-2-3-7)11(17)15-8-4-5-10(16(18)19)9(13)6-8/h4-7H,2-3,14H2,1H3,(H,15,17). The number of nitro benzene ring substituents is 1. The van der Waals surface area contributed by atoms with Crippen LogP contribution in [0.15, 0.2) is 22.7 Å². The van der Waals surface area contributed by atoms with Crippen LogP contribution in [-0.4, -0.2) is 16.4 Å². The lowest BCUT2D eigenvalue weighted by molar-refractivity contribution is -0.385. The van der Waals surface area contributed by atoms with Crippen molar-refractivity contribution in [3.8, 4) is 0 Å². The number of anilines is 1. The highest BCUT2D eigenvalue weighted by Gasteiger charge is 2.44. The van der Waals surface area contributed by atoms with Crippen LogP contribution >= 0.6 is 15.9 Å². The topological polar surface area (TPSA) is 98.3 Å². The van der Waals surface area contributed by atoms with Gasteiger partial charge >= 0.3 is 0 Å². The average Bonchev–Trinajstić information content (AvgIpc) is 3.12. The molecule has 0 bridgehead atoms. The Morgan fingerprint density at radius 3 is 2.68 bits per heavy atom. The third-order valence-electron chi connectivity index (χ3n) is 3.32. The smallest absolute Gasteiger partial charge is 0.283 e. The second kappa shape index (κ2) is 4.90. The molecule has 0 spiro atoms. The van der Waals surface area contributed by atoms with E-state index >= 15 is 0 Å². The number of hydrogen-bond acceptors (Lipinski definition) is 4. The molecule has 6 nitrogen and oxygen atoms in total. The highest BCUT2D eigenvalue weighted by atomic mass is 79.9. The van der Waals surface area contributed by atoms with Gasteiger partial charge in [-0.1, -0.05) is 0 Å². The van der Waals surface area contributed by atoms with Crippen LogP contribution in [0.4, 0.5) is 11.4 Å². The highest BCUT2D eigenvalue weighted by molar-refractivity contribution is 9.10. The Morgan fingerprint density at radius 2 is 2.21 bits per heavy atom. The molecule has 1 fully saturated rings. The number of nitrogens with zero attached hydrogens (tertiary/aromatic N) is 1. The first-order chi connectivity index (χ1) is 8.82. The van der Waals surface area contributed by atoms with Gasteiger partial charge in [0.1, 0.15) is 0 Å². The molecule has 0 radical (unpaired) electrons. The fourth-order valence-corrected chi connectivity index (χ4v) is 2.39. The summed E-state index contributed by atoms with van der Waals surface area (Å²) in [6, 6.07) is 4.33. The van der Waals surface area contributed by atoms with Gasteiger partial charge in [0.2, 0.25) is 5.91 Å². The van der Waals surface area contributed by atoms with Crippen LogP contribution in [0, 0.1) is 16.0 Å². The monoisotopic (exact) mass is 327 g/mol. The molecular weight excluding hydrogens is 314 g/mol. The number of benzene rings is 1. The van der Waals surface area contributed by atoms with Gasteiger partial charge in [0, 0.05) is 11.8 Å². The molecule has 7 heteroatoms. The predicted molar refractivity (Wildman–Crippen MR) is 74.7 cm³/mol. The Labute approximate surface area is 118 Å². The Morgan fingerprint density at radius 1 is 1.58 bits per heavy atom. The van der Waals surface area contributed by atoms with Crippen LogP contribution in [0.5, 0.6) is 0 Å². The summed E-state index contributed by atoms with van der Waals surface area (Å²) in [5.41, 5.74) is 5.54. The van der Waals surface area contributed by atoms with Crippen molar-refractivity contribution in [1.82, 2.24) is 0 Å². The largest absolute Gasteiger partial charge is 0.324 e. The van der Waals surface area contributed by atoms with Gasteiger partial charge in [0.05, 0.1) is 14.9 Å².